The summed E-state index contributed by atoms with van der Waals surface area (Å²) in [5, 5.41) is 0.292. The van der Waals surface area contributed by atoms with Crippen LogP contribution in [-0.2, 0) is 9.47 Å². The lowest BCUT2D eigenvalue weighted by Crippen LogP contribution is -2.53. The van der Waals surface area contributed by atoms with Gasteiger partial charge < -0.3 is 9.47 Å². The molecule has 3 atom stereocenters. The maximum Gasteiger partial charge on any atom is 0.0657 e. The maximum absolute atomic E-state index is 6.19. The smallest absolute Gasteiger partial charge is 0.0657 e. The minimum absolute atomic E-state index is 0.189. The first-order valence-electron chi connectivity index (χ1n) is 5.39. The first kappa shape index (κ1) is 12.3. The Morgan fingerprint density at radius 1 is 1.43 bits per heavy atom. The van der Waals surface area contributed by atoms with Crippen LogP contribution in [0.5, 0.6) is 0 Å². The van der Waals surface area contributed by atoms with E-state index in [4.69, 9.17) is 21.1 Å². The van der Waals surface area contributed by atoms with Crippen molar-refractivity contribution >= 4 is 11.6 Å². The molecule has 1 fully saturated rings. The van der Waals surface area contributed by atoms with Crippen LogP contribution in [0.3, 0.4) is 0 Å². The van der Waals surface area contributed by atoms with Crippen LogP contribution in [0.2, 0.25) is 0 Å². The summed E-state index contributed by atoms with van der Waals surface area (Å²) in [6.07, 6.45) is 3.42. The number of methoxy groups -OCH3 is 1. The van der Waals surface area contributed by atoms with Crippen LogP contribution in [0.15, 0.2) is 0 Å². The number of hydrogen-bond donors (Lipinski definition) is 0. The number of ether oxygens (including phenoxy) is 2. The average Bonchev–Trinajstić information content (AvgIpc) is 2.21. The van der Waals surface area contributed by atoms with Crippen LogP contribution >= 0.6 is 11.6 Å². The second-order valence-electron chi connectivity index (χ2n) is 4.27. The van der Waals surface area contributed by atoms with Crippen molar-refractivity contribution < 1.29 is 9.47 Å². The fourth-order valence-corrected chi connectivity index (χ4v) is 2.36. The predicted molar refractivity (Wildman–Crippen MR) is 58.9 cm³/mol. The molecule has 0 N–H and O–H groups in total. The van der Waals surface area contributed by atoms with Gasteiger partial charge in [0.25, 0.3) is 0 Å². The van der Waals surface area contributed by atoms with E-state index in [1.54, 1.807) is 7.11 Å². The molecule has 84 valence electrons. The molecular formula is C11H21ClO2. The largest absolute Gasteiger partial charge is 0.385 e. The molecule has 0 saturated heterocycles. The number of halogens is 1. The summed E-state index contributed by atoms with van der Waals surface area (Å²) in [7, 11) is 1.72. The Labute approximate surface area is 91.9 Å². The minimum atomic E-state index is 0.189. The summed E-state index contributed by atoms with van der Waals surface area (Å²) in [6, 6.07) is 0. The molecule has 0 bridgehead atoms. The Balaban J connectivity index is 2.20. The molecule has 0 heterocycles. The zero-order chi connectivity index (χ0) is 10.6. The quantitative estimate of drug-likeness (QED) is 0.506. The third-order valence-corrected chi connectivity index (χ3v) is 4.12. The van der Waals surface area contributed by atoms with E-state index in [2.05, 4.69) is 13.8 Å². The van der Waals surface area contributed by atoms with E-state index >= 15 is 0 Å². The SMILES string of the molecule is CCC1(C)C(Cl)CC1OCCCOC. The lowest BCUT2D eigenvalue weighted by molar-refractivity contribution is -0.102. The van der Waals surface area contributed by atoms with E-state index in [0.29, 0.717) is 11.5 Å². The Kier molecular flexibility index (Phi) is 4.68. The van der Waals surface area contributed by atoms with Gasteiger partial charge in [0, 0.05) is 31.1 Å². The standard InChI is InChI=1S/C11H21ClO2/c1-4-11(2)9(12)8-10(11)14-7-5-6-13-3/h9-10H,4-8H2,1-3H3. The molecule has 1 rings (SSSR count). The number of alkyl halides is 1. The fraction of sp³-hybridized carbons (Fsp3) is 1.00. The molecule has 1 aliphatic rings. The third kappa shape index (κ3) is 2.41. The molecule has 0 aliphatic heterocycles. The van der Waals surface area contributed by atoms with Crippen LogP contribution in [0.25, 0.3) is 0 Å². The van der Waals surface area contributed by atoms with Crippen LogP contribution < -0.4 is 0 Å². The zero-order valence-corrected chi connectivity index (χ0v) is 10.1. The predicted octanol–water partition coefficient (Wildman–Crippen LogP) is 2.84. The maximum atomic E-state index is 6.19. The van der Waals surface area contributed by atoms with Gasteiger partial charge in [-0.3, -0.25) is 0 Å². The zero-order valence-electron chi connectivity index (χ0n) is 9.38. The fourth-order valence-electron chi connectivity index (χ4n) is 1.90. The van der Waals surface area contributed by atoms with Crippen LogP contribution in [0.1, 0.15) is 33.1 Å². The van der Waals surface area contributed by atoms with Crippen LogP contribution in [0, 0.1) is 5.41 Å². The topological polar surface area (TPSA) is 18.5 Å². The third-order valence-electron chi connectivity index (χ3n) is 3.45. The van der Waals surface area contributed by atoms with Crippen LogP contribution in [-0.4, -0.2) is 31.8 Å². The second kappa shape index (κ2) is 5.34. The second-order valence-corrected chi connectivity index (χ2v) is 4.80. The van der Waals surface area contributed by atoms with Crippen molar-refractivity contribution in [1.82, 2.24) is 0 Å². The van der Waals surface area contributed by atoms with Gasteiger partial charge in [0.1, 0.15) is 0 Å². The van der Waals surface area contributed by atoms with Crippen molar-refractivity contribution in [1.29, 1.82) is 0 Å². The van der Waals surface area contributed by atoms with E-state index in [-0.39, 0.29) is 5.41 Å². The summed E-state index contributed by atoms with van der Waals surface area (Å²) in [4.78, 5) is 0. The lowest BCUT2D eigenvalue weighted by atomic mass is 9.65. The van der Waals surface area contributed by atoms with Crippen molar-refractivity contribution in [3.05, 3.63) is 0 Å². The molecule has 3 heteroatoms. The first-order chi connectivity index (χ1) is 6.65. The molecule has 0 aromatic heterocycles. The van der Waals surface area contributed by atoms with E-state index < -0.39 is 0 Å². The van der Waals surface area contributed by atoms with Crippen molar-refractivity contribution in [2.75, 3.05) is 20.3 Å². The highest BCUT2D eigenvalue weighted by molar-refractivity contribution is 6.21. The molecule has 1 saturated carbocycles. The summed E-state index contributed by atoms with van der Waals surface area (Å²) < 4.78 is 10.8. The minimum Gasteiger partial charge on any atom is -0.385 e. The Morgan fingerprint density at radius 2 is 2.14 bits per heavy atom. The molecule has 3 unspecified atom stereocenters. The number of hydrogen-bond acceptors (Lipinski definition) is 2. The molecule has 0 amide bonds. The summed E-state index contributed by atoms with van der Waals surface area (Å²) >= 11 is 6.19. The van der Waals surface area contributed by atoms with Crippen molar-refractivity contribution in [2.24, 2.45) is 5.41 Å². The normalized spacial score (nSPS) is 36.9. The van der Waals surface area contributed by atoms with Crippen molar-refractivity contribution in [3.8, 4) is 0 Å². The molecule has 0 radical (unpaired) electrons. The lowest BCUT2D eigenvalue weighted by Gasteiger charge is -2.50. The summed E-state index contributed by atoms with van der Waals surface area (Å²) in [5.41, 5.74) is 0.189. The van der Waals surface area contributed by atoms with Crippen LogP contribution in [0.4, 0.5) is 0 Å². The average molecular weight is 221 g/mol. The molecule has 2 nitrogen and oxygen atoms in total. The molecular weight excluding hydrogens is 200 g/mol. The van der Waals surface area contributed by atoms with Gasteiger partial charge in [-0.1, -0.05) is 13.8 Å². The monoisotopic (exact) mass is 220 g/mol. The molecule has 14 heavy (non-hydrogen) atoms. The molecule has 1 aliphatic carbocycles. The summed E-state index contributed by atoms with van der Waals surface area (Å²) in [6.45, 7) is 5.97. The highest BCUT2D eigenvalue weighted by Crippen LogP contribution is 2.49. The van der Waals surface area contributed by atoms with Crippen molar-refractivity contribution in [3.63, 3.8) is 0 Å². The highest BCUT2D eigenvalue weighted by Gasteiger charge is 2.50. The molecule has 0 aromatic carbocycles. The van der Waals surface area contributed by atoms with Gasteiger partial charge in [-0.25, -0.2) is 0 Å². The van der Waals surface area contributed by atoms with E-state index in [0.717, 1.165) is 32.5 Å². The van der Waals surface area contributed by atoms with E-state index in [1.165, 1.54) is 0 Å². The Bertz CT molecular complexity index is 175. The number of rotatable bonds is 6. The van der Waals surface area contributed by atoms with Gasteiger partial charge in [0.2, 0.25) is 0 Å². The van der Waals surface area contributed by atoms with Gasteiger partial charge in [0.05, 0.1) is 6.10 Å². The van der Waals surface area contributed by atoms with Gasteiger partial charge in [-0.2, -0.15) is 0 Å². The summed E-state index contributed by atoms with van der Waals surface area (Å²) in [5.74, 6) is 0. The van der Waals surface area contributed by atoms with Crippen molar-refractivity contribution in [2.45, 2.75) is 44.6 Å². The molecule has 0 spiro atoms. The highest BCUT2D eigenvalue weighted by atomic mass is 35.5. The van der Waals surface area contributed by atoms with Gasteiger partial charge in [0.15, 0.2) is 0 Å². The Morgan fingerprint density at radius 3 is 2.64 bits per heavy atom. The first-order valence-corrected chi connectivity index (χ1v) is 5.83. The Hall–Kier alpha value is 0.210. The van der Waals surface area contributed by atoms with E-state index in [9.17, 15) is 0 Å². The molecule has 0 aromatic rings. The van der Waals surface area contributed by atoms with E-state index in [1.807, 2.05) is 0 Å². The van der Waals surface area contributed by atoms with Gasteiger partial charge in [-0.05, 0) is 19.3 Å². The van der Waals surface area contributed by atoms with Gasteiger partial charge >= 0.3 is 0 Å². The van der Waals surface area contributed by atoms with Gasteiger partial charge in [-0.15, -0.1) is 11.6 Å².